The summed E-state index contributed by atoms with van der Waals surface area (Å²) in [6.45, 7) is 0. The first-order chi connectivity index (χ1) is 25.8. The third-order valence-corrected chi connectivity index (χ3v) is 10.2. The number of imidazole rings is 1. The molecule has 5 nitrogen and oxygen atoms in total. The van der Waals surface area contributed by atoms with Crippen molar-refractivity contribution in [3.8, 4) is 51.2 Å². The molecular formula is C47H31N5. The molecule has 0 atom stereocenters. The topological polar surface area (TPSA) is 56.5 Å². The number of nitrogens with zero attached hydrogens (tertiary/aromatic N) is 5. The van der Waals surface area contributed by atoms with Gasteiger partial charge in [0.05, 0.1) is 16.4 Å². The molecule has 0 unspecified atom stereocenters. The van der Waals surface area contributed by atoms with Gasteiger partial charge in [-0.15, -0.1) is 0 Å². The van der Waals surface area contributed by atoms with Gasteiger partial charge in [-0.05, 0) is 57.6 Å². The zero-order valence-electron chi connectivity index (χ0n) is 28.1. The van der Waals surface area contributed by atoms with Gasteiger partial charge in [-0.2, -0.15) is 0 Å². The second-order valence-electron chi connectivity index (χ2n) is 13.1. The van der Waals surface area contributed by atoms with E-state index in [2.05, 4.69) is 126 Å². The first-order valence-electron chi connectivity index (χ1n) is 17.5. The summed E-state index contributed by atoms with van der Waals surface area (Å²) in [6.07, 6.45) is 0. The molecule has 5 heteroatoms. The first kappa shape index (κ1) is 29.9. The average molecular weight is 666 g/mol. The Kier molecular flexibility index (Phi) is 6.96. The van der Waals surface area contributed by atoms with Crippen LogP contribution < -0.4 is 0 Å². The molecule has 0 amide bonds. The van der Waals surface area contributed by atoms with Gasteiger partial charge >= 0.3 is 0 Å². The maximum absolute atomic E-state index is 5.15. The Morgan fingerprint density at radius 3 is 1.50 bits per heavy atom. The van der Waals surface area contributed by atoms with Gasteiger partial charge in [0.1, 0.15) is 0 Å². The molecular weight excluding hydrogens is 635 g/mol. The Hall–Kier alpha value is -6.98. The second kappa shape index (κ2) is 12.1. The number of hydrogen-bond acceptors (Lipinski definition) is 4. The largest absolute Gasteiger partial charge is 0.290 e. The van der Waals surface area contributed by atoms with E-state index in [4.69, 9.17) is 19.9 Å². The molecule has 0 radical (unpaired) electrons. The predicted octanol–water partition coefficient (Wildman–Crippen LogP) is 10.6. The summed E-state index contributed by atoms with van der Waals surface area (Å²) in [5.74, 6) is 2.35. The van der Waals surface area contributed by atoms with Crippen LogP contribution in [0.5, 0.6) is 0 Å². The lowest BCUT2D eigenvalue weighted by atomic mass is 9.67. The minimum Gasteiger partial charge on any atom is -0.290 e. The van der Waals surface area contributed by atoms with Gasteiger partial charge in [-0.1, -0.05) is 164 Å². The van der Waals surface area contributed by atoms with Crippen molar-refractivity contribution in [2.45, 2.75) is 5.41 Å². The van der Waals surface area contributed by atoms with Crippen LogP contribution in [0.4, 0.5) is 0 Å². The first-order valence-corrected chi connectivity index (χ1v) is 17.5. The van der Waals surface area contributed by atoms with E-state index in [9.17, 15) is 0 Å². The van der Waals surface area contributed by atoms with E-state index < -0.39 is 5.41 Å². The maximum atomic E-state index is 5.15. The van der Waals surface area contributed by atoms with Crippen molar-refractivity contribution in [3.63, 3.8) is 0 Å². The number of benzene rings is 7. The van der Waals surface area contributed by atoms with Gasteiger partial charge in [0.15, 0.2) is 23.3 Å². The molecule has 0 saturated heterocycles. The molecule has 9 aromatic rings. The number of hydrogen-bond donors (Lipinski definition) is 0. The van der Waals surface area contributed by atoms with Crippen molar-refractivity contribution in [3.05, 3.63) is 210 Å². The van der Waals surface area contributed by atoms with Gasteiger partial charge in [-0.25, -0.2) is 19.9 Å². The van der Waals surface area contributed by atoms with Crippen molar-refractivity contribution < 1.29 is 0 Å². The molecule has 10 rings (SSSR count). The monoisotopic (exact) mass is 665 g/mol. The van der Waals surface area contributed by atoms with Gasteiger partial charge < -0.3 is 0 Å². The number of rotatable bonds is 6. The molecule has 0 bridgehead atoms. The highest BCUT2D eigenvalue weighted by Crippen LogP contribution is 2.56. The van der Waals surface area contributed by atoms with E-state index in [1.807, 2.05) is 66.7 Å². The molecule has 244 valence electrons. The minimum atomic E-state index is -0.479. The standard InChI is InChI=1S/C47H31N5/c1-4-16-32(17-5-1)43-49-44(51-45(50-43)46-48-41-26-14-15-27-42(41)52(46)36-20-8-3-9-21-36)33-28-30-35(31-29-33)47(34-18-6-2-7-19-34)39-24-12-10-22-37(39)38-23-11-13-25-40(38)47/h1-31H. The molecule has 0 spiro atoms. The van der Waals surface area contributed by atoms with Gasteiger partial charge in [-0.3, -0.25) is 4.57 Å². The summed E-state index contributed by atoms with van der Waals surface area (Å²) in [5, 5.41) is 0. The van der Waals surface area contributed by atoms with Gasteiger partial charge in [0.25, 0.3) is 0 Å². The summed E-state index contributed by atoms with van der Waals surface area (Å²) < 4.78 is 2.13. The van der Waals surface area contributed by atoms with Crippen molar-refractivity contribution in [2.75, 3.05) is 0 Å². The molecule has 0 N–H and O–H groups in total. The summed E-state index contributed by atoms with van der Waals surface area (Å²) in [7, 11) is 0. The van der Waals surface area contributed by atoms with Crippen molar-refractivity contribution in [1.29, 1.82) is 0 Å². The smallest absolute Gasteiger partial charge is 0.200 e. The minimum absolute atomic E-state index is 0.479. The quantitative estimate of drug-likeness (QED) is 0.177. The third-order valence-electron chi connectivity index (χ3n) is 10.2. The van der Waals surface area contributed by atoms with Crippen LogP contribution in [0, 0.1) is 0 Å². The molecule has 1 aliphatic carbocycles. The van der Waals surface area contributed by atoms with Crippen LogP contribution in [-0.2, 0) is 5.41 Å². The van der Waals surface area contributed by atoms with Crippen LogP contribution in [0.1, 0.15) is 22.3 Å². The van der Waals surface area contributed by atoms with Crippen LogP contribution in [0.2, 0.25) is 0 Å². The fourth-order valence-corrected chi connectivity index (χ4v) is 7.92. The van der Waals surface area contributed by atoms with Gasteiger partial charge in [0, 0.05) is 16.8 Å². The van der Waals surface area contributed by atoms with Crippen molar-refractivity contribution in [2.24, 2.45) is 0 Å². The van der Waals surface area contributed by atoms with Crippen LogP contribution in [0.15, 0.2) is 188 Å². The number of para-hydroxylation sites is 3. The molecule has 2 heterocycles. The summed E-state index contributed by atoms with van der Waals surface area (Å²) >= 11 is 0. The maximum Gasteiger partial charge on any atom is 0.200 e. The molecule has 0 aliphatic heterocycles. The summed E-state index contributed by atoms with van der Waals surface area (Å²) in [5.41, 5.74) is 11.7. The highest BCUT2D eigenvalue weighted by atomic mass is 15.1. The lowest BCUT2D eigenvalue weighted by Crippen LogP contribution is -2.28. The van der Waals surface area contributed by atoms with Crippen LogP contribution in [0.3, 0.4) is 0 Å². The molecule has 1 aliphatic rings. The Balaban J connectivity index is 1.17. The Morgan fingerprint density at radius 1 is 0.365 bits per heavy atom. The van der Waals surface area contributed by atoms with E-state index >= 15 is 0 Å². The van der Waals surface area contributed by atoms with E-state index in [1.54, 1.807) is 0 Å². The van der Waals surface area contributed by atoms with E-state index in [-0.39, 0.29) is 0 Å². The molecule has 7 aromatic carbocycles. The zero-order valence-corrected chi connectivity index (χ0v) is 28.1. The second-order valence-corrected chi connectivity index (χ2v) is 13.1. The predicted molar refractivity (Wildman–Crippen MR) is 208 cm³/mol. The fraction of sp³-hybridized carbons (Fsp3) is 0.0213. The SMILES string of the molecule is c1ccc(-c2nc(-c3ccc(C4(c5ccccc5)c5ccccc5-c5ccccc54)cc3)nc(-c3nc4ccccc4n3-c3ccccc3)n2)cc1. The van der Waals surface area contributed by atoms with Crippen molar-refractivity contribution >= 4 is 11.0 Å². The summed E-state index contributed by atoms with van der Waals surface area (Å²) in [6, 6.07) is 65.7. The number of aromatic nitrogens is 5. The molecule has 0 fully saturated rings. The van der Waals surface area contributed by atoms with Crippen LogP contribution in [-0.4, -0.2) is 24.5 Å². The van der Waals surface area contributed by atoms with Crippen molar-refractivity contribution in [1.82, 2.24) is 24.5 Å². The lowest BCUT2D eigenvalue weighted by Gasteiger charge is -2.34. The van der Waals surface area contributed by atoms with Crippen LogP contribution >= 0.6 is 0 Å². The molecule has 0 saturated carbocycles. The third kappa shape index (κ3) is 4.63. The normalized spacial score (nSPS) is 12.8. The Labute approximate surface area is 301 Å². The zero-order chi connectivity index (χ0) is 34.5. The van der Waals surface area contributed by atoms with E-state index in [0.717, 1.165) is 27.8 Å². The van der Waals surface area contributed by atoms with E-state index in [0.29, 0.717) is 23.3 Å². The fourth-order valence-electron chi connectivity index (χ4n) is 7.92. The summed E-state index contributed by atoms with van der Waals surface area (Å²) in [4.78, 5) is 20.4. The van der Waals surface area contributed by atoms with Crippen LogP contribution in [0.25, 0.3) is 62.3 Å². The highest BCUT2D eigenvalue weighted by molar-refractivity contribution is 5.86. The van der Waals surface area contributed by atoms with Gasteiger partial charge in [0.2, 0.25) is 0 Å². The highest BCUT2D eigenvalue weighted by Gasteiger charge is 2.45. The Bertz CT molecular complexity index is 2670. The Morgan fingerprint density at radius 2 is 0.846 bits per heavy atom. The average Bonchev–Trinajstić information content (AvgIpc) is 3.77. The van der Waals surface area contributed by atoms with E-state index in [1.165, 1.54) is 33.4 Å². The molecule has 2 aromatic heterocycles. The number of fused-ring (bicyclic) bond motifs is 4. The lowest BCUT2D eigenvalue weighted by molar-refractivity contribution is 0.768. The molecule has 52 heavy (non-hydrogen) atoms.